The van der Waals surface area contributed by atoms with E-state index in [2.05, 4.69) is 25.2 Å². The van der Waals surface area contributed by atoms with E-state index >= 15 is 0 Å². The van der Waals surface area contributed by atoms with Crippen LogP contribution in [0.3, 0.4) is 0 Å². The maximum Gasteiger partial charge on any atom is 0.416 e. The molecule has 38 heavy (non-hydrogen) atoms. The normalized spacial score (nSPS) is 17.6. The lowest BCUT2D eigenvalue weighted by atomic mass is 10.0. The fourth-order valence-corrected chi connectivity index (χ4v) is 4.53. The first-order valence-corrected chi connectivity index (χ1v) is 12.0. The number of hydrogen-bond acceptors (Lipinski definition) is 8. The third kappa shape index (κ3) is 5.34. The highest BCUT2D eigenvalue weighted by atomic mass is 19.4. The van der Waals surface area contributed by atoms with E-state index in [0.29, 0.717) is 18.1 Å². The molecule has 0 unspecified atom stereocenters. The minimum Gasteiger partial charge on any atom is -0.475 e. The summed E-state index contributed by atoms with van der Waals surface area (Å²) in [5.74, 6) is 0.717. The standard InChI is InChI=1S/C25H25F3N6O4/c26-25(27,28)16-5-1-4-15(10-16)22-29-11-19-23(32-22)34(17-6-3-9-33(19)12-17)24(37)31-20-7-2-8-21(30-20)38-14-18(36)13-35/h1-2,4-5,7-8,10-11,17-18,35-36H,3,6,9,12-14H2,(H,30,31,37)/t17-,18+/m0/s1. The summed E-state index contributed by atoms with van der Waals surface area (Å²) in [7, 11) is 0. The minimum absolute atomic E-state index is 0.0739. The molecule has 10 nitrogen and oxygen atoms in total. The fourth-order valence-electron chi connectivity index (χ4n) is 4.53. The van der Waals surface area contributed by atoms with Crippen molar-refractivity contribution in [3.8, 4) is 17.3 Å². The smallest absolute Gasteiger partial charge is 0.416 e. The maximum atomic E-state index is 13.5. The number of amides is 2. The number of rotatable bonds is 6. The summed E-state index contributed by atoms with van der Waals surface area (Å²) in [6, 6.07) is 8.77. The van der Waals surface area contributed by atoms with Gasteiger partial charge in [-0.1, -0.05) is 18.2 Å². The Bertz CT molecular complexity index is 1320. The van der Waals surface area contributed by atoms with Crippen LogP contribution >= 0.6 is 0 Å². The zero-order valence-electron chi connectivity index (χ0n) is 20.1. The number of alkyl halides is 3. The Morgan fingerprint density at radius 1 is 1.21 bits per heavy atom. The van der Waals surface area contributed by atoms with Gasteiger partial charge in [0.15, 0.2) is 11.6 Å². The van der Waals surface area contributed by atoms with E-state index in [1.807, 2.05) is 0 Å². The van der Waals surface area contributed by atoms with Crippen molar-refractivity contribution in [2.24, 2.45) is 0 Å². The van der Waals surface area contributed by atoms with Crippen molar-refractivity contribution in [2.45, 2.75) is 31.2 Å². The monoisotopic (exact) mass is 530 g/mol. The van der Waals surface area contributed by atoms with E-state index in [4.69, 9.17) is 9.84 Å². The first-order valence-electron chi connectivity index (χ1n) is 12.0. The zero-order chi connectivity index (χ0) is 26.9. The van der Waals surface area contributed by atoms with Crippen molar-refractivity contribution >= 4 is 23.4 Å². The molecule has 2 aliphatic heterocycles. The van der Waals surface area contributed by atoms with E-state index in [-0.39, 0.29) is 35.7 Å². The maximum absolute atomic E-state index is 13.5. The highest BCUT2D eigenvalue weighted by Crippen LogP contribution is 2.39. The van der Waals surface area contributed by atoms with Gasteiger partial charge in [-0.2, -0.15) is 18.2 Å². The van der Waals surface area contributed by atoms with Crippen LogP contribution < -0.4 is 19.9 Å². The predicted octanol–water partition coefficient (Wildman–Crippen LogP) is 3.31. The van der Waals surface area contributed by atoms with Gasteiger partial charge in [0, 0.05) is 24.7 Å². The van der Waals surface area contributed by atoms with Gasteiger partial charge >= 0.3 is 12.2 Å². The number of nitrogens with one attached hydrogen (secondary N) is 1. The van der Waals surface area contributed by atoms with Gasteiger partial charge in [-0.05, 0) is 31.0 Å². The van der Waals surface area contributed by atoms with Crippen molar-refractivity contribution in [2.75, 3.05) is 41.4 Å². The van der Waals surface area contributed by atoms with E-state index in [1.54, 1.807) is 24.4 Å². The minimum atomic E-state index is -4.51. The quantitative estimate of drug-likeness (QED) is 0.444. The summed E-state index contributed by atoms with van der Waals surface area (Å²) in [6.45, 7) is 0.690. The molecule has 2 atom stereocenters. The van der Waals surface area contributed by atoms with Crippen LogP contribution in [-0.4, -0.2) is 69.6 Å². The van der Waals surface area contributed by atoms with Gasteiger partial charge in [-0.15, -0.1) is 0 Å². The molecule has 5 rings (SSSR count). The van der Waals surface area contributed by atoms with Gasteiger partial charge in [0.05, 0.1) is 30.1 Å². The molecule has 1 saturated heterocycles. The van der Waals surface area contributed by atoms with Crippen LogP contribution in [-0.2, 0) is 6.18 Å². The van der Waals surface area contributed by atoms with E-state index in [1.165, 1.54) is 17.0 Å². The van der Waals surface area contributed by atoms with Crippen LogP contribution in [0.1, 0.15) is 18.4 Å². The van der Waals surface area contributed by atoms with E-state index < -0.39 is 30.5 Å². The number of ether oxygens (including phenoxy) is 1. The van der Waals surface area contributed by atoms with Crippen LogP contribution in [0, 0.1) is 0 Å². The Kier molecular flexibility index (Phi) is 7.04. The van der Waals surface area contributed by atoms with Crippen molar-refractivity contribution < 1.29 is 32.9 Å². The molecule has 0 radical (unpaired) electrons. The molecule has 1 fully saturated rings. The van der Waals surface area contributed by atoms with Gasteiger partial charge in [0.25, 0.3) is 0 Å². The molecule has 200 valence electrons. The van der Waals surface area contributed by atoms with Crippen molar-refractivity contribution in [1.29, 1.82) is 0 Å². The molecule has 2 bridgehead atoms. The molecular formula is C25H25F3N6O4. The third-order valence-corrected chi connectivity index (χ3v) is 6.34. The second kappa shape index (κ2) is 10.4. The number of aliphatic hydroxyl groups is 2. The van der Waals surface area contributed by atoms with E-state index in [9.17, 15) is 23.1 Å². The van der Waals surface area contributed by atoms with Gasteiger partial charge < -0.3 is 19.8 Å². The van der Waals surface area contributed by atoms with Gasteiger partial charge in [0.1, 0.15) is 18.5 Å². The summed E-state index contributed by atoms with van der Waals surface area (Å²) in [4.78, 5) is 30.2. The first-order chi connectivity index (χ1) is 18.2. The van der Waals surface area contributed by atoms with Crippen LogP contribution in [0.2, 0.25) is 0 Å². The lowest BCUT2D eigenvalue weighted by Gasteiger charge is -2.45. The number of carbonyl (C=O) groups excluding carboxylic acids is 1. The SMILES string of the molecule is O=C(Nc1cccc(OC[C@H](O)CO)n1)N1c2nc(-c3cccc(C(F)(F)F)c3)ncc2N2CCC[C@H]1C2. The van der Waals surface area contributed by atoms with Gasteiger partial charge in [0.2, 0.25) is 5.88 Å². The summed E-state index contributed by atoms with van der Waals surface area (Å²) >= 11 is 0. The Hall–Kier alpha value is -3.97. The number of hydrogen-bond donors (Lipinski definition) is 3. The average molecular weight is 531 g/mol. The number of fused-ring (bicyclic) bond motifs is 4. The van der Waals surface area contributed by atoms with Crippen LogP contribution in [0.5, 0.6) is 5.88 Å². The van der Waals surface area contributed by atoms with Crippen molar-refractivity contribution in [3.05, 3.63) is 54.2 Å². The van der Waals surface area contributed by atoms with Crippen molar-refractivity contribution in [3.63, 3.8) is 0 Å². The number of nitrogens with zero attached hydrogens (tertiary/aromatic N) is 5. The molecule has 1 aromatic carbocycles. The number of urea groups is 1. The molecule has 2 amide bonds. The molecule has 3 N–H and O–H groups in total. The summed E-state index contributed by atoms with van der Waals surface area (Å²) < 4.78 is 45.2. The fraction of sp³-hybridized carbons (Fsp3) is 0.360. The second-order valence-corrected chi connectivity index (χ2v) is 9.03. The molecule has 0 saturated carbocycles. The number of anilines is 3. The molecule has 2 aromatic heterocycles. The van der Waals surface area contributed by atoms with E-state index in [0.717, 1.165) is 31.5 Å². The highest BCUT2D eigenvalue weighted by molar-refractivity contribution is 6.04. The molecule has 13 heteroatoms. The number of halogens is 3. The molecule has 3 aromatic rings. The number of pyridine rings is 1. The number of benzene rings is 1. The highest BCUT2D eigenvalue weighted by Gasteiger charge is 2.39. The summed E-state index contributed by atoms with van der Waals surface area (Å²) in [5, 5.41) is 21.2. The van der Waals surface area contributed by atoms with Crippen LogP contribution in [0.15, 0.2) is 48.7 Å². The molecule has 2 aliphatic rings. The number of piperidine rings is 1. The van der Waals surface area contributed by atoms with Gasteiger partial charge in [-0.3, -0.25) is 10.2 Å². The summed E-state index contributed by atoms with van der Waals surface area (Å²) in [6.07, 6.45) is -2.47. The lowest BCUT2D eigenvalue weighted by molar-refractivity contribution is -0.137. The Balaban J connectivity index is 1.44. The lowest BCUT2D eigenvalue weighted by Crippen LogP contribution is -2.56. The largest absolute Gasteiger partial charge is 0.475 e. The topological polar surface area (TPSA) is 124 Å². The van der Waals surface area contributed by atoms with Crippen LogP contribution in [0.4, 0.5) is 35.3 Å². The first kappa shape index (κ1) is 25.7. The zero-order valence-corrected chi connectivity index (χ0v) is 20.1. The molecular weight excluding hydrogens is 505 g/mol. The average Bonchev–Trinajstić information content (AvgIpc) is 2.91. The number of carbonyl (C=O) groups is 1. The predicted molar refractivity (Wildman–Crippen MR) is 132 cm³/mol. The molecule has 4 heterocycles. The molecule has 0 aliphatic carbocycles. The van der Waals surface area contributed by atoms with Crippen molar-refractivity contribution in [1.82, 2.24) is 15.0 Å². The number of aromatic nitrogens is 3. The molecule has 0 spiro atoms. The van der Waals surface area contributed by atoms with Crippen LogP contribution in [0.25, 0.3) is 11.4 Å². The number of aliphatic hydroxyl groups excluding tert-OH is 2. The summed E-state index contributed by atoms with van der Waals surface area (Å²) in [5.41, 5.74) is -0.00798. The third-order valence-electron chi connectivity index (χ3n) is 6.34. The Morgan fingerprint density at radius 3 is 2.82 bits per heavy atom. The second-order valence-electron chi connectivity index (χ2n) is 9.03. The Labute approximate surface area is 215 Å². The Morgan fingerprint density at radius 2 is 2.03 bits per heavy atom. The van der Waals surface area contributed by atoms with Gasteiger partial charge in [-0.25, -0.2) is 14.8 Å².